The maximum atomic E-state index is 9.25. The molecule has 2 heterocycles. The predicted molar refractivity (Wildman–Crippen MR) is 88.0 cm³/mol. The first-order valence-corrected chi connectivity index (χ1v) is 8.69. The van der Waals surface area contributed by atoms with Crippen molar-refractivity contribution >= 4 is 39.3 Å². The van der Waals surface area contributed by atoms with Crippen LogP contribution in [-0.2, 0) is 6.42 Å². The molecule has 2 aromatic heterocycles. The third kappa shape index (κ3) is 3.62. The smallest absolute Gasteiger partial charge is 0.225 e. The molecule has 20 heavy (non-hydrogen) atoms. The molecule has 1 unspecified atom stereocenters. The Labute approximate surface area is 128 Å². The summed E-state index contributed by atoms with van der Waals surface area (Å²) in [5.41, 5.74) is 0. The number of hydrogen-bond donors (Lipinski definition) is 2. The number of thiophene rings is 1. The fourth-order valence-corrected chi connectivity index (χ4v) is 3.66. The largest absolute Gasteiger partial charge is 0.395 e. The summed E-state index contributed by atoms with van der Waals surface area (Å²) in [6.07, 6.45) is 2.06. The van der Waals surface area contributed by atoms with Crippen molar-refractivity contribution in [2.24, 2.45) is 0 Å². The lowest BCUT2D eigenvalue weighted by molar-refractivity contribution is 0.300. The average molecular weight is 311 g/mol. The molecule has 0 radical (unpaired) electrons. The van der Waals surface area contributed by atoms with Gasteiger partial charge in [-0.3, -0.25) is 0 Å². The van der Waals surface area contributed by atoms with E-state index in [-0.39, 0.29) is 11.9 Å². The highest BCUT2D eigenvalue weighted by Gasteiger charge is 2.14. The van der Waals surface area contributed by atoms with E-state index in [9.17, 15) is 5.11 Å². The number of nitrogens with zero attached hydrogens (tertiary/aromatic N) is 2. The minimum Gasteiger partial charge on any atom is -0.395 e. The molecule has 0 aliphatic carbocycles. The number of anilines is 1. The van der Waals surface area contributed by atoms with Crippen LogP contribution in [0.2, 0.25) is 0 Å². The molecule has 0 saturated heterocycles. The van der Waals surface area contributed by atoms with Crippen LogP contribution in [0, 0.1) is 0 Å². The van der Waals surface area contributed by atoms with E-state index in [1.807, 2.05) is 6.92 Å². The topological polar surface area (TPSA) is 58.0 Å². The molecular weight excluding hydrogens is 290 g/mol. The Morgan fingerprint density at radius 3 is 2.85 bits per heavy atom. The van der Waals surface area contributed by atoms with Crippen LogP contribution in [0.15, 0.2) is 11.1 Å². The van der Waals surface area contributed by atoms with E-state index in [0.29, 0.717) is 5.95 Å². The Morgan fingerprint density at radius 1 is 1.40 bits per heavy atom. The van der Waals surface area contributed by atoms with Gasteiger partial charge >= 0.3 is 0 Å². The molecule has 4 nitrogen and oxygen atoms in total. The molecule has 0 bridgehead atoms. The van der Waals surface area contributed by atoms with E-state index in [2.05, 4.69) is 35.2 Å². The Bertz CT molecular complexity index is 571. The van der Waals surface area contributed by atoms with Crippen LogP contribution >= 0.6 is 23.1 Å². The van der Waals surface area contributed by atoms with E-state index in [4.69, 9.17) is 0 Å². The van der Waals surface area contributed by atoms with Crippen LogP contribution in [0.25, 0.3) is 10.2 Å². The number of hydrogen-bond acceptors (Lipinski definition) is 6. The van der Waals surface area contributed by atoms with Crippen LogP contribution in [0.3, 0.4) is 0 Å². The van der Waals surface area contributed by atoms with Crippen molar-refractivity contribution in [1.82, 2.24) is 9.97 Å². The molecule has 110 valence electrons. The predicted octanol–water partition coefficient (Wildman–Crippen LogP) is 3.55. The number of aliphatic hydroxyl groups excluding tert-OH is 1. The van der Waals surface area contributed by atoms with E-state index in [1.165, 1.54) is 4.88 Å². The Balaban J connectivity index is 2.40. The summed E-state index contributed by atoms with van der Waals surface area (Å²) >= 11 is 3.34. The molecule has 1 atom stereocenters. The molecule has 0 aromatic carbocycles. The standard InChI is InChI=1S/C14H21N3OS2/c1-4-6-15-14-16-12(19-9(3)8-18)11-7-10(5-2)20-13(11)17-14/h7,9,18H,4-6,8H2,1-3H3,(H,15,16,17). The van der Waals surface area contributed by atoms with Gasteiger partial charge in [-0.25, -0.2) is 9.97 Å². The summed E-state index contributed by atoms with van der Waals surface area (Å²) in [7, 11) is 0. The van der Waals surface area contributed by atoms with Crippen LogP contribution < -0.4 is 5.32 Å². The highest BCUT2D eigenvalue weighted by Crippen LogP contribution is 2.34. The lowest BCUT2D eigenvalue weighted by Gasteiger charge is -2.10. The lowest BCUT2D eigenvalue weighted by Crippen LogP contribution is -2.06. The van der Waals surface area contributed by atoms with E-state index in [0.717, 1.165) is 34.6 Å². The number of aliphatic hydroxyl groups is 1. The molecule has 2 aromatic rings. The molecule has 0 aliphatic heterocycles. The normalized spacial score (nSPS) is 12.8. The fourth-order valence-electron chi connectivity index (χ4n) is 1.75. The van der Waals surface area contributed by atoms with Gasteiger partial charge in [-0.05, 0) is 18.9 Å². The van der Waals surface area contributed by atoms with Gasteiger partial charge in [-0.1, -0.05) is 20.8 Å². The van der Waals surface area contributed by atoms with Gasteiger partial charge in [-0.2, -0.15) is 0 Å². The minimum absolute atomic E-state index is 0.136. The third-order valence-corrected chi connectivity index (χ3v) is 5.12. The van der Waals surface area contributed by atoms with Gasteiger partial charge in [0, 0.05) is 22.1 Å². The maximum Gasteiger partial charge on any atom is 0.225 e. The second kappa shape index (κ2) is 7.24. The molecule has 0 amide bonds. The second-order valence-electron chi connectivity index (χ2n) is 4.68. The van der Waals surface area contributed by atoms with Crippen molar-refractivity contribution in [3.8, 4) is 0 Å². The Kier molecular flexibility index (Phi) is 5.63. The SMILES string of the molecule is CCCNc1nc(SC(C)CO)c2cc(CC)sc2n1. The number of rotatable bonds is 7. The Hall–Kier alpha value is -0.850. The van der Waals surface area contributed by atoms with E-state index >= 15 is 0 Å². The van der Waals surface area contributed by atoms with Gasteiger partial charge in [0.15, 0.2) is 0 Å². The summed E-state index contributed by atoms with van der Waals surface area (Å²) in [5.74, 6) is 0.691. The number of fused-ring (bicyclic) bond motifs is 1. The van der Waals surface area contributed by atoms with E-state index < -0.39 is 0 Å². The van der Waals surface area contributed by atoms with E-state index in [1.54, 1.807) is 23.1 Å². The number of nitrogens with one attached hydrogen (secondary N) is 1. The van der Waals surface area contributed by atoms with Crippen molar-refractivity contribution in [3.63, 3.8) is 0 Å². The van der Waals surface area contributed by atoms with Gasteiger partial charge in [0.25, 0.3) is 0 Å². The fraction of sp³-hybridized carbons (Fsp3) is 0.571. The maximum absolute atomic E-state index is 9.25. The quantitative estimate of drug-likeness (QED) is 0.605. The van der Waals surface area contributed by atoms with Crippen LogP contribution in [0.4, 0.5) is 5.95 Å². The first kappa shape index (κ1) is 15.5. The zero-order valence-electron chi connectivity index (χ0n) is 12.1. The first-order valence-electron chi connectivity index (χ1n) is 6.99. The van der Waals surface area contributed by atoms with Crippen molar-refractivity contribution in [3.05, 3.63) is 10.9 Å². The number of aromatic nitrogens is 2. The molecule has 2 rings (SSSR count). The number of aryl methyl sites for hydroxylation is 1. The summed E-state index contributed by atoms with van der Waals surface area (Å²) in [4.78, 5) is 11.6. The van der Waals surface area contributed by atoms with Crippen molar-refractivity contribution in [1.29, 1.82) is 0 Å². The van der Waals surface area contributed by atoms with Crippen molar-refractivity contribution in [2.45, 2.75) is 43.9 Å². The summed E-state index contributed by atoms with van der Waals surface area (Å²) in [6.45, 7) is 7.30. The first-order chi connectivity index (χ1) is 9.67. The minimum atomic E-state index is 0.136. The highest BCUT2D eigenvalue weighted by molar-refractivity contribution is 8.00. The Morgan fingerprint density at radius 2 is 2.20 bits per heavy atom. The second-order valence-corrected chi connectivity index (χ2v) is 7.22. The van der Waals surface area contributed by atoms with Gasteiger partial charge in [0.1, 0.15) is 9.86 Å². The summed E-state index contributed by atoms with van der Waals surface area (Å²) < 4.78 is 0. The van der Waals surface area contributed by atoms with Crippen molar-refractivity contribution < 1.29 is 5.11 Å². The summed E-state index contributed by atoms with van der Waals surface area (Å²) in [5, 5.41) is 14.7. The molecule has 0 aliphatic rings. The third-order valence-electron chi connectivity index (χ3n) is 2.86. The molecule has 0 saturated carbocycles. The molecule has 6 heteroatoms. The van der Waals surface area contributed by atoms with Gasteiger partial charge in [0.2, 0.25) is 5.95 Å². The van der Waals surface area contributed by atoms with Gasteiger partial charge in [-0.15, -0.1) is 23.1 Å². The van der Waals surface area contributed by atoms with Crippen LogP contribution in [0.1, 0.15) is 32.1 Å². The highest BCUT2D eigenvalue weighted by atomic mass is 32.2. The summed E-state index contributed by atoms with van der Waals surface area (Å²) in [6, 6.07) is 2.18. The molecule has 0 fully saturated rings. The monoisotopic (exact) mass is 311 g/mol. The molecule has 0 spiro atoms. The average Bonchev–Trinajstić information content (AvgIpc) is 2.88. The van der Waals surface area contributed by atoms with Crippen molar-refractivity contribution in [2.75, 3.05) is 18.5 Å². The van der Waals surface area contributed by atoms with Gasteiger partial charge in [0.05, 0.1) is 6.61 Å². The lowest BCUT2D eigenvalue weighted by atomic mass is 10.3. The zero-order valence-corrected chi connectivity index (χ0v) is 13.8. The molecular formula is C14H21N3OS2. The zero-order chi connectivity index (χ0) is 14.5. The van der Waals surface area contributed by atoms with Crippen LogP contribution in [-0.4, -0.2) is 33.5 Å². The number of thioether (sulfide) groups is 1. The van der Waals surface area contributed by atoms with Gasteiger partial charge < -0.3 is 10.4 Å². The van der Waals surface area contributed by atoms with Crippen LogP contribution in [0.5, 0.6) is 0 Å². The molecule has 2 N–H and O–H groups in total.